The zero-order valence-corrected chi connectivity index (χ0v) is 20.4. The van der Waals surface area contributed by atoms with E-state index in [0.717, 1.165) is 4.90 Å². The van der Waals surface area contributed by atoms with Gasteiger partial charge in [-0.25, -0.2) is 8.78 Å². The Morgan fingerprint density at radius 1 is 1.26 bits per heavy atom. The first-order valence-electron chi connectivity index (χ1n) is 10.9. The average molecular weight is 537 g/mol. The monoisotopic (exact) mass is 536 g/mol. The molecule has 3 heterocycles. The van der Waals surface area contributed by atoms with Gasteiger partial charge in [0.2, 0.25) is 0 Å². The summed E-state index contributed by atoms with van der Waals surface area (Å²) in [5.41, 5.74) is 9.10. The third-order valence-electron chi connectivity index (χ3n) is 6.03. The standard InChI is InChI=1S/C23H27BrF2N6O2/c1-14(31-3-5-34-6-4-31)18-8-16(24)9-19(27)21(18)30-20-12-32(13-23(20,25)26)22(33)15-7-17(28-2)11-29-10-15/h7-11,20,28,30H,1,3-6,12-13,27H2,2H3/t20-/m0/s1. The number of carbonyl (C=O) groups is 1. The summed E-state index contributed by atoms with van der Waals surface area (Å²) in [5.74, 6) is -3.67. The largest absolute Gasteiger partial charge is 0.397 e. The molecule has 4 rings (SSSR count). The molecular weight excluding hydrogens is 510 g/mol. The summed E-state index contributed by atoms with van der Waals surface area (Å²) in [5, 5.41) is 5.83. The maximum Gasteiger partial charge on any atom is 0.286 e. The fourth-order valence-electron chi connectivity index (χ4n) is 4.16. The summed E-state index contributed by atoms with van der Waals surface area (Å²) < 4.78 is 36.3. The van der Waals surface area contributed by atoms with Gasteiger partial charge in [-0.15, -0.1) is 0 Å². The quantitative estimate of drug-likeness (QED) is 0.487. The number of rotatable bonds is 6. The molecule has 1 aromatic carbocycles. The Hall–Kier alpha value is -2.92. The minimum Gasteiger partial charge on any atom is -0.397 e. The third kappa shape index (κ3) is 4.95. The molecule has 1 amide bonds. The van der Waals surface area contributed by atoms with Gasteiger partial charge in [0.25, 0.3) is 11.8 Å². The Bertz CT molecular complexity index is 1090. The fraction of sp³-hybridized carbons (Fsp3) is 0.391. The van der Waals surface area contributed by atoms with E-state index in [1.54, 1.807) is 31.4 Å². The number of benzene rings is 1. The van der Waals surface area contributed by atoms with Crippen molar-refractivity contribution >= 4 is 44.6 Å². The molecule has 2 fully saturated rings. The number of amides is 1. The number of aromatic nitrogens is 1. The molecule has 0 spiro atoms. The number of ether oxygens (including phenoxy) is 1. The van der Waals surface area contributed by atoms with Gasteiger partial charge in [-0.2, -0.15) is 0 Å². The van der Waals surface area contributed by atoms with Crippen molar-refractivity contribution in [3.63, 3.8) is 0 Å². The second-order valence-electron chi connectivity index (χ2n) is 8.32. The van der Waals surface area contributed by atoms with E-state index >= 15 is 8.78 Å². The Morgan fingerprint density at radius 3 is 2.71 bits per heavy atom. The number of nitrogens with two attached hydrogens (primary N) is 1. The molecule has 1 aromatic heterocycles. The molecule has 0 unspecified atom stereocenters. The molecule has 0 radical (unpaired) electrons. The zero-order valence-electron chi connectivity index (χ0n) is 18.8. The summed E-state index contributed by atoms with van der Waals surface area (Å²) in [6, 6.07) is 3.73. The van der Waals surface area contributed by atoms with E-state index in [4.69, 9.17) is 10.5 Å². The number of hydrogen-bond donors (Lipinski definition) is 3. The number of carbonyl (C=O) groups excluding carboxylic acids is 1. The summed E-state index contributed by atoms with van der Waals surface area (Å²) in [7, 11) is 1.69. The van der Waals surface area contributed by atoms with Crippen molar-refractivity contribution in [2.75, 3.05) is 62.8 Å². The molecular formula is C23H27BrF2N6O2. The average Bonchev–Trinajstić information content (AvgIpc) is 3.14. The van der Waals surface area contributed by atoms with E-state index in [-0.39, 0.29) is 12.1 Å². The van der Waals surface area contributed by atoms with Crippen LogP contribution in [0.2, 0.25) is 0 Å². The molecule has 2 aliphatic heterocycles. The lowest BCUT2D eigenvalue weighted by Crippen LogP contribution is -2.39. The molecule has 34 heavy (non-hydrogen) atoms. The second kappa shape index (κ2) is 9.75. The number of morpholine rings is 1. The van der Waals surface area contributed by atoms with Gasteiger partial charge in [0.05, 0.1) is 42.4 Å². The number of nitrogens with one attached hydrogen (secondary N) is 2. The highest BCUT2D eigenvalue weighted by atomic mass is 79.9. The highest BCUT2D eigenvalue weighted by Gasteiger charge is 2.50. The predicted octanol–water partition coefficient (Wildman–Crippen LogP) is 3.34. The third-order valence-corrected chi connectivity index (χ3v) is 6.49. The Morgan fingerprint density at radius 2 is 2.00 bits per heavy atom. The van der Waals surface area contributed by atoms with Crippen LogP contribution in [0.1, 0.15) is 15.9 Å². The van der Waals surface area contributed by atoms with Crippen molar-refractivity contribution in [3.8, 4) is 0 Å². The van der Waals surface area contributed by atoms with Crippen LogP contribution in [0.25, 0.3) is 5.70 Å². The molecule has 8 nitrogen and oxygen atoms in total. The molecule has 2 aromatic rings. The lowest BCUT2D eigenvalue weighted by Gasteiger charge is -2.32. The van der Waals surface area contributed by atoms with Crippen LogP contribution < -0.4 is 16.4 Å². The van der Waals surface area contributed by atoms with Gasteiger partial charge in [0, 0.05) is 54.8 Å². The highest BCUT2D eigenvalue weighted by Crippen LogP contribution is 2.38. The van der Waals surface area contributed by atoms with Gasteiger partial charge in [-0.3, -0.25) is 9.78 Å². The van der Waals surface area contributed by atoms with Gasteiger partial charge in [-0.05, 0) is 18.2 Å². The van der Waals surface area contributed by atoms with Gasteiger partial charge >= 0.3 is 0 Å². The van der Waals surface area contributed by atoms with Crippen LogP contribution in [0, 0.1) is 0 Å². The van der Waals surface area contributed by atoms with E-state index < -0.39 is 24.4 Å². The lowest BCUT2D eigenvalue weighted by atomic mass is 10.1. The molecule has 0 bridgehead atoms. The van der Waals surface area contributed by atoms with E-state index in [1.165, 1.54) is 6.20 Å². The predicted molar refractivity (Wildman–Crippen MR) is 132 cm³/mol. The Kier molecular flexibility index (Phi) is 6.94. The van der Waals surface area contributed by atoms with Gasteiger partial charge < -0.3 is 30.9 Å². The molecule has 11 heteroatoms. The van der Waals surface area contributed by atoms with Crippen LogP contribution in [0.5, 0.6) is 0 Å². The smallest absolute Gasteiger partial charge is 0.286 e. The topological polar surface area (TPSA) is 95.8 Å². The number of nitrogen functional groups attached to an aromatic ring is 1. The van der Waals surface area contributed by atoms with Crippen molar-refractivity contribution in [2.24, 2.45) is 0 Å². The summed E-state index contributed by atoms with van der Waals surface area (Å²) in [6.45, 7) is 5.71. The highest BCUT2D eigenvalue weighted by molar-refractivity contribution is 9.10. The fourth-order valence-corrected chi connectivity index (χ4v) is 4.64. The zero-order chi connectivity index (χ0) is 24.5. The number of anilines is 3. The van der Waals surface area contributed by atoms with Crippen LogP contribution in [-0.4, -0.2) is 79.1 Å². The molecule has 1 atom stereocenters. The Balaban J connectivity index is 1.58. The number of nitrogens with zero attached hydrogens (tertiary/aromatic N) is 3. The van der Waals surface area contributed by atoms with Gasteiger partial charge in [-0.1, -0.05) is 22.5 Å². The first-order valence-corrected chi connectivity index (χ1v) is 11.7. The van der Waals surface area contributed by atoms with Crippen LogP contribution >= 0.6 is 15.9 Å². The first kappa shape index (κ1) is 24.2. The summed E-state index contributed by atoms with van der Waals surface area (Å²) in [6.07, 6.45) is 2.93. The van der Waals surface area contributed by atoms with Crippen molar-refractivity contribution < 1.29 is 18.3 Å². The van der Waals surface area contributed by atoms with E-state index in [0.29, 0.717) is 59.1 Å². The maximum atomic E-state index is 15.1. The van der Waals surface area contributed by atoms with Crippen LogP contribution in [-0.2, 0) is 4.74 Å². The van der Waals surface area contributed by atoms with Crippen molar-refractivity contribution in [3.05, 3.63) is 52.8 Å². The van der Waals surface area contributed by atoms with Crippen LogP contribution in [0.4, 0.5) is 25.8 Å². The van der Waals surface area contributed by atoms with E-state index in [1.807, 2.05) is 4.90 Å². The number of likely N-dealkylation sites (tertiary alicyclic amines) is 1. The summed E-state index contributed by atoms with van der Waals surface area (Å²) in [4.78, 5) is 20.1. The molecule has 2 saturated heterocycles. The van der Waals surface area contributed by atoms with Gasteiger partial charge in [0.1, 0.15) is 6.04 Å². The lowest BCUT2D eigenvalue weighted by molar-refractivity contribution is 0.00434. The van der Waals surface area contributed by atoms with E-state index in [2.05, 4.69) is 38.1 Å². The maximum absolute atomic E-state index is 15.1. The molecule has 2 aliphatic rings. The van der Waals surface area contributed by atoms with Crippen molar-refractivity contribution in [2.45, 2.75) is 12.0 Å². The number of halogens is 3. The normalized spacial score (nSPS) is 19.7. The first-order chi connectivity index (χ1) is 16.2. The van der Waals surface area contributed by atoms with E-state index in [9.17, 15) is 4.79 Å². The number of hydrogen-bond acceptors (Lipinski definition) is 7. The number of alkyl halides is 2. The SMILES string of the molecule is C=C(c1cc(Br)cc(N)c1N[C@H]1CN(C(=O)c2cncc(NC)c2)CC1(F)F)N1CCOCC1. The minimum absolute atomic E-state index is 0.186. The summed E-state index contributed by atoms with van der Waals surface area (Å²) >= 11 is 3.44. The van der Waals surface area contributed by atoms with Gasteiger partial charge in [0.15, 0.2) is 0 Å². The van der Waals surface area contributed by atoms with Crippen LogP contribution in [0.15, 0.2) is 41.6 Å². The second-order valence-corrected chi connectivity index (χ2v) is 9.24. The van der Waals surface area contributed by atoms with Crippen molar-refractivity contribution in [1.29, 1.82) is 0 Å². The van der Waals surface area contributed by atoms with Crippen LogP contribution in [0.3, 0.4) is 0 Å². The molecule has 4 N–H and O–H groups in total. The molecule has 182 valence electrons. The minimum atomic E-state index is -3.17. The molecule has 0 saturated carbocycles. The molecule has 0 aliphatic carbocycles. The Labute approximate surface area is 205 Å². The number of pyridine rings is 1. The van der Waals surface area contributed by atoms with Crippen molar-refractivity contribution in [1.82, 2.24) is 14.8 Å².